The summed E-state index contributed by atoms with van der Waals surface area (Å²) < 4.78 is 2.56. The quantitative estimate of drug-likeness (QED) is 0.581. The third-order valence-electron chi connectivity index (χ3n) is 1.20. The summed E-state index contributed by atoms with van der Waals surface area (Å²) in [5.74, 6) is 0. The maximum atomic E-state index is 2.56. The van der Waals surface area contributed by atoms with Crippen LogP contribution >= 0.6 is 0 Å². The van der Waals surface area contributed by atoms with Crippen LogP contribution in [0.15, 0.2) is 0 Å². The van der Waals surface area contributed by atoms with Crippen LogP contribution in [-0.4, -0.2) is 15.8 Å². The molecule has 0 atom stereocenters. The van der Waals surface area contributed by atoms with Gasteiger partial charge in [0.1, 0.15) is 0 Å². The molecule has 0 bridgehead atoms. The van der Waals surface area contributed by atoms with Gasteiger partial charge < -0.3 is 0 Å². The van der Waals surface area contributed by atoms with Gasteiger partial charge in [-0.3, -0.25) is 0 Å². The van der Waals surface area contributed by atoms with E-state index in [1.807, 2.05) is 0 Å². The van der Waals surface area contributed by atoms with Crippen molar-refractivity contribution in [1.29, 1.82) is 0 Å². The predicted molar refractivity (Wildman–Crippen MR) is 20.8 cm³/mol. The summed E-state index contributed by atoms with van der Waals surface area (Å²) in [6.07, 6.45) is 2.92. The molecule has 0 aromatic carbocycles. The normalized spacial score (nSPS) is 25.7. The monoisotopic (exact) mass is 272 g/mol. The van der Waals surface area contributed by atoms with Gasteiger partial charge in [0.2, 0.25) is 0 Å². The molecule has 0 amide bonds. The molecule has 1 rings (SSSR count). The Bertz CT molecular complexity index is 40.8. The minimum atomic E-state index is 0.931. The zero-order valence-electron chi connectivity index (χ0n) is 3.98. The molecule has 1 aliphatic heterocycles. The second-order valence-corrected chi connectivity index (χ2v) is 5.30. The van der Waals surface area contributed by atoms with Gasteiger partial charge in [-0.1, -0.05) is 0 Å². The van der Waals surface area contributed by atoms with E-state index in [4.69, 9.17) is 0 Å². The third kappa shape index (κ3) is 1.19. The van der Waals surface area contributed by atoms with Gasteiger partial charge in [-0.2, -0.15) is 0 Å². The molecule has 6 heavy (non-hydrogen) atoms. The van der Waals surface area contributed by atoms with Crippen molar-refractivity contribution in [2.24, 2.45) is 0 Å². The Balaban J connectivity index is 2.18. The number of hydrogen-bond donors (Lipinski definition) is 0. The predicted octanol–water partition coefficient (Wildman–Crippen LogP) is 0.544. The van der Waals surface area contributed by atoms with E-state index in [-0.39, 0.29) is 0 Å². The van der Waals surface area contributed by atoms with Gasteiger partial charge in [0.25, 0.3) is 0 Å². The fraction of sp³-hybridized carbons (Fsp3) is 1.00. The molecule has 1 saturated heterocycles. The second kappa shape index (κ2) is 2.27. The Labute approximate surface area is 55.1 Å². The van der Waals surface area contributed by atoms with Crippen molar-refractivity contribution in [3.05, 3.63) is 0 Å². The summed E-state index contributed by atoms with van der Waals surface area (Å²) >= 11 is 0.931. The maximum absolute atomic E-state index is 2.56. The van der Waals surface area contributed by atoms with Gasteiger partial charge in [0.15, 0.2) is 0 Å². The summed E-state index contributed by atoms with van der Waals surface area (Å²) in [4.78, 5) is 0. The average molecular weight is 271 g/mol. The van der Waals surface area contributed by atoms with Gasteiger partial charge in [0.05, 0.1) is 0 Å². The van der Waals surface area contributed by atoms with E-state index < -0.39 is 0 Å². The summed E-state index contributed by atoms with van der Waals surface area (Å²) in [5, 5.41) is 0. The number of hydrogen-bond acceptors (Lipinski definition) is 1. The first kappa shape index (κ1) is 5.04. The van der Waals surface area contributed by atoms with Gasteiger partial charge >= 0.3 is 55.0 Å². The van der Waals surface area contributed by atoms with E-state index >= 15 is 0 Å². The van der Waals surface area contributed by atoms with Crippen LogP contribution in [0.25, 0.3) is 0 Å². The molecule has 1 aliphatic rings. The second-order valence-electron chi connectivity index (χ2n) is 1.83. The van der Waals surface area contributed by atoms with E-state index in [1.54, 1.807) is 0 Å². The molecule has 0 aliphatic carbocycles. The van der Waals surface area contributed by atoms with Crippen LogP contribution in [0.3, 0.4) is 0 Å². The first-order chi connectivity index (χ1) is 2.89. The third-order valence-corrected chi connectivity index (χ3v) is 3.66. The summed E-state index contributed by atoms with van der Waals surface area (Å²) in [6.45, 7) is 2.81. The molecule has 31 valence electrons. The summed E-state index contributed by atoms with van der Waals surface area (Å²) in [5.41, 5.74) is 0. The molecular weight excluding hydrogens is 263 g/mol. The molecule has 0 spiro atoms. The molecule has 0 unspecified atom stereocenters. The van der Waals surface area contributed by atoms with Crippen molar-refractivity contribution in [2.75, 3.05) is 13.1 Å². The van der Waals surface area contributed by atoms with Gasteiger partial charge in [-0.05, 0) is 0 Å². The molecule has 2 heteroatoms. The standard InChI is InChI=1S/C4H8N.Hg/c1-2-4-5-3-1;/h1-4H2;/q-1;+1. The van der Waals surface area contributed by atoms with Crippen LogP contribution in [0, 0.1) is 0 Å². The average Bonchev–Trinajstić information content (AvgIpc) is 1.86. The van der Waals surface area contributed by atoms with Crippen molar-refractivity contribution in [3.63, 3.8) is 0 Å². The Kier molecular flexibility index (Phi) is 1.90. The molecule has 0 saturated carbocycles. The summed E-state index contributed by atoms with van der Waals surface area (Å²) in [6, 6.07) is 0. The van der Waals surface area contributed by atoms with Crippen molar-refractivity contribution in [3.8, 4) is 0 Å². The van der Waals surface area contributed by atoms with E-state index in [0.29, 0.717) is 0 Å². The Morgan fingerprint density at radius 2 is 1.67 bits per heavy atom. The molecule has 0 aromatic rings. The zero-order valence-corrected chi connectivity index (χ0v) is 9.48. The topological polar surface area (TPSA) is 3.24 Å². The Morgan fingerprint density at radius 3 is 1.83 bits per heavy atom. The van der Waals surface area contributed by atoms with Crippen molar-refractivity contribution in [1.82, 2.24) is 2.66 Å². The SMILES string of the molecule is [Hg][N]1CCCC1. The van der Waals surface area contributed by atoms with E-state index in [0.717, 1.165) is 26.4 Å². The van der Waals surface area contributed by atoms with E-state index in [2.05, 4.69) is 2.66 Å². The summed E-state index contributed by atoms with van der Waals surface area (Å²) in [7, 11) is 0. The molecule has 1 fully saturated rings. The fourth-order valence-electron chi connectivity index (χ4n) is 0.783. The number of rotatable bonds is 0. The van der Waals surface area contributed by atoms with Crippen molar-refractivity contribution in [2.45, 2.75) is 12.8 Å². The first-order valence-corrected chi connectivity index (χ1v) is 4.91. The molecule has 0 N–H and O–H groups in total. The molecule has 1 heterocycles. The van der Waals surface area contributed by atoms with Crippen LogP contribution in [0.1, 0.15) is 12.8 Å². The molecule has 0 radical (unpaired) electrons. The minimum absolute atomic E-state index is 0.931. The van der Waals surface area contributed by atoms with Crippen LogP contribution in [0.2, 0.25) is 0 Å². The zero-order chi connectivity index (χ0) is 4.41. The van der Waals surface area contributed by atoms with Gasteiger partial charge in [0, 0.05) is 0 Å². The molecule has 0 aromatic heterocycles. The van der Waals surface area contributed by atoms with E-state index in [1.165, 1.54) is 25.9 Å². The number of nitrogens with zero attached hydrogens (tertiary/aromatic N) is 1. The Hall–Kier alpha value is 0.895. The molecular formula is C4H8HgN. The van der Waals surface area contributed by atoms with Crippen LogP contribution < -0.4 is 0 Å². The van der Waals surface area contributed by atoms with Crippen LogP contribution in [0.4, 0.5) is 0 Å². The van der Waals surface area contributed by atoms with Gasteiger partial charge in [-0.25, -0.2) is 0 Å². The first-order valence-electron chi connectivity index (χ1n) is 2.45. The fourth-order valence-corrected chi connectivity index (χ4v) is 2.52. The Morgan fingerprint density at radius 1 is 1.17 bits per heavy atom. The van der Waals surface area contributed by atoms with Crippen LogP contribution in [-0.2, 0) is 26.4 Å². The molecule has 1 nitrogen and oxygen atoms in total. The van der Waals surface area contributed by atoms with Gasteiger partial charge in [-0.15, -0.1) is 0 Å². The van der Waals surface area contributed by atoms with Crippen molar-refractivity contribution >= 4 is 0 Å². The van der Waals surface area contributed by atoms with E-state index in [9.17, 15) is 0 Å². The van der Waals surface area contributed by atoms with Crippen molar-refractivity contribution < 1.29 is 26.4 Å². The van der Waals surface area contributed by atoms with Crippen LogP contribution in [0.5, 0.6) is 0 Å².